The number of aliphatic hydroxyl groups is 1. The van der Waals surface area contributed by atoms with E-state index in [-0.39, 0.29) is 24.3 Å². The molecule has 0 radical (unpaired) electrons. The lowest BCUT2D eigenvalue weighted by Crippen LogP contribution is -2.33. The van der Waals surface area contributed by atoms with E-state index in [1.54, 1.807) is 7.11 Å². The van der Waals surface area contributed by atoms with Crippen LogP contribution in [0.1, 0.15) is 25.7 Å². The lowest BCUT2D eigenvalue weighted by Gasteiger charge is -2.29. The summed E-state index contributed by atoms with van der Waals surface area (Å²) in [4.78, 5) is 12.2. The predicted octanol–water partition coefficient (Wildman–Crippen LogP) is 2.43. The van der Waals surface area contributed by atoms with Gasteiger partial charge in [-0.25, -0.2) is 0 Å². The number of amides is 1. The van der Waals surface area contributed by atoms with Gasteiger partial charge in [0.1, 0.15) is 5.75 Å². The van der Waals surface area contributed by atoms with Crippen LogP contribution in [-0.4, -0.2) is 24.7 Å². The molecule has 1 aliphatic rings. The van der Waals surface area contributed by atoms with Crippen LogP contribution < -0.4 is 10.1 Å². The molecule has 4 nitrogen and oxygen atoms in total. The summed E-state index contributed by atoms with van der Waals surface area (Å²) in [6.45, 7) is 0.0979. The number of carbonyl (C=O) groups is 1. The number of hydrogen-bond acceptors (Lipinski definition) is 3. The highest BCUT2D eigenvalue weighted by molar-refractivity contribution is 5.92. The highest BCUT2D eigenvalue weighted by Crippen LogP contribution is 2.30. The Morgan fingerprint density at radius 3 is 2.63 bits per heavy atom. The molecule has 1 amide bonds. The number of benzene rings is 1. The Hall–Kier alpha value is -1.55. The van der Waals surface area contributed by atoms with Gasteiger partial charge in [-0.3, -0.25) is 4.79 Å². The monoisotopic (exact) mass is 263 g/mol. The molecule has 1 aromatic carbocycles. The molecule has 0 aromatic heterocycles. The summed E-state index contributed by atoms with van der Waals surface area (Å²) in [6.07, 6.45) is 3.99. The molecule has 2 atom stereocenters. The third-order valence-corrected chi connectivity index (χ3v) is 3.84. The number of aliphatic hydroxyl groups excluding tert-OH is 1. The zero-order chi connectivity index (χ0) is 13.7. The van der Waals surface area contributed by atoms with Gasteiger partial charge in [-0.15, -0.1) is 0 Å². The first-order chi connectivity index (χ1) is 9.24. The number of nitrogens with one attached hydrogen (secondary N) is 1. The minimum absolute atomic E-state index is 0.0175. The Morgan fingerprint density at radius 1 is 1.32 bits per heavy atom. The van der Waals surface area contributed by atoms with Gasteiger partial charge in [0, 0.05) is 18.2 Å². The van der Waals surface area contributed by atoms with Crippen molar-refractivity contribution in [2.75, 3.05) is 19.0 Å². The topological polar surface area (TPSA) is 58.6 Å². The van der Waals surface area contributed by atoms with E-state index in [4.69, 9.17) is 4.74 Å². The summed E-state index contributed by atoms with van der Waals surface area (Å²) < 4.78 is 5.08. The van der Waals surface area contributed by atoms with Crippen LogP contribution in [0.15, 0.2) is 24.3 Å². The smallest absolute Gasteiger partial charge is 0.227 e. The van der Waals surface area contributed by atoms with Gasteiger partial charge >= 0.3 is 0 Å². The van der Waals surface area contributed by atoms with Crippen molar-refractivity contribution in [3.8, 4) is 5.75 Å². The van der Waals surface area contributed by atoms with Crippen LogP contribution in [0.4, 0.5) is 5.69 Å². The SMILES string of the molecule is COc1ccc(NC(=O)C2CCCCC2CO)cc1. The molecular formula is C15H21NO3. The van der Waals surface area contributed by atoms with Crippen molar-refractivity contribution in [3.05, 3.63) is 24.3 Å². The van der Waals surface area contributed by atoms with Gasteiger partial charge in [-0.05, 0) is 43.0 Å². The van der Waals surface area contributed by atoms with Gasteiger partial charge in [0.05, 0.1) is 7.11 Å². The van der Waals surface area contributed by atoms with Crippen LogP contribution in [0.3, 0.4) is 0 Å². The van der Waals surface area contributed by atoms with Gasteiger partial charge in [0.15, 0.2) is 0 Å². The molecule has 2 rings (SSSR count). The fourth-order valence-corrected chi connectivity index (χ4v) is 2.68. The van der Waals surface area contributed by atoms with Crippen LogP contribution in [0.25, 0.3) is 0 Å². The summed E-state index contributed by atoms with van der Waals surface area (Å²) in [6, 6.07) is 7.29. The summed E-state index contributed by atoms with van der Waals surface area (Å²) in [5.41, 5.74) is 0.771. The van der Waals surface area contributed by atoms with E-state index in [1.807, 2.05) is 24.3 Å². The second kappa shape index (κ2) is 6.57. The van der Waals surface area contributed by atoms with Crippen molar-refractivity contribution in [1.29, 1.82) is 0 Å². The van der Waals surface area contributed by atoms with E-state index in [1.165, 1.54) is 0 Å². The Bertz CT molecular complexity index is 416. The Labute approximate surface area is 113 Å². The van der Waals surface area contributed by atoms with Crippen LogP contribution in [0.5, 0.6) is 5.75 Å². The van der Waals surface area contributed by atoms with Crippen molar-refractivity contribution in [3.63, 3.8) is 0 Å². The zero-order valence-electron chi connectivity index (χ0n) is 11.3. The zero-order valence-corrected chi connectivity index (χ0v) is 11.3. The normalized spacial score (nSPS) is 22.8. The lowest BCUT2D eigenvalue weighted by molar-refractivity contribution is -0.123. The van der Waals surface area contributed by atoms with E-state index >= 15 is 0 Å². The molecule has 0 bridgehead atoms. The fraction of sp³-hybridized carbons (Fsp3) is 0.533. The van der Waals surface area contributed by atoms with E-state index in [2.05, 4.69) is 5.32 Å². The number of hydrogen-bond donors (Lipinski definition) is 2. The molecule has 0 heterocycles. The third kappa shape index (κ3) is 3.47. The average Bonchev–Trinajstić information content (AvgIpc) is 2.48. The van der Waals surface area contributed by atoms with Crippen LogP contribution in [0.2, 0.25) is 0 Å². The lowest BCUT2D eigenvalue weighted by atomic mass is 9.79. The molecule has 0 aliphatic heterocycles. The van der Waals surface area contributed by atoms with Crippen molar-refractivity contribution in [1.82, 2.24) is 0 Å². The second-order valence-corrected chi connectivity index (χ2v) is 5.05. The molecule has 0 saturated heterocycles. The van der Waals surface area contributed by atoms with Crippen molar-refractivity contribution >= 4 is 11.6 Å². The average molecular weight is 263 g/mol. The van der Waals surface area contributed by atoms with Gasteiger partial charge < -0.3 is 15.2 Å². The quantitative estimate of drug-likeness (QED) is 0.877. The Kier molecular flexibility index (Phi) is 4.80. The maximum atomic E-state index is 12.2. The molecule has 2 unspecified atom stereocenters. The number of anilines is 1. The number of methoxy groups -OCH3 is 1. The maximum absolute atomic E-state index is 12.2. The first-order valence-corrected chi connectivity index (χ1v) is 6.80. The van der Waals surface area contributed by atoms with E-state index in [9.17, 15) is 9.90 Å². The van der Waals surface area contributed by atoms with Crippen LogP contribution in [-0.2, 0) is 4.79 Å². The fourth-order valence-electron chi connectivity index (χ4n) is 2.68. The Balaban J connectivity index is 1.98. The standard InChI is InChI=1S/C15H21NO3/c1-19-13-8-6-12(7-9-13)16-15(18)14-5-3-2-4-11(14)10-17/h6-9,11,14,17H,2-5,10H2,1H3,(H,16,18). The van der Waals surface area contributed by atoms with E-state index in [0.717, 1.165) is 37.1 Å². The molecule has 1 fully saturated rings. The minimum Gasteiger partial charge on any atom is -0.497 e. The van der Waals surface area contributed by atoms with Gasteiger partial charge in [0.25, 0.3) is 0 Å². The van der Waals surface area contributed by atoms with E-state index in [0.29, 0.717) is 0 Å². The summed E-state index contributed by atoms with van der Waals surface area (Å²) >= 11 is 0. The van der Waals surface area contributed by atoms with Crippen molar-refractivity contribution in [2.24, 2.45) is 11.8 Å². The molecule has 0 spiro atoms. The number of carbonyl (C=O) groups excluding carboxylic acids is 1. The Morgan fingerprint density at radius 2 is 2.00 bits per heavy atom. The molecular weight excluding hydrogens is 242 g/mol. The largest absolute Gasteiger partial charge is 0.497 e. The highest BCUT2D eigenvalue weighted by Gasteiger charge is 2.30. The van der Waals surface area contributed by atoms with E-state index < -0.39 is 0 Å². The van der Waals surface area contributed by atoms with Gasteiger partial charge in [0.2, 0.25) is 5.91 Å². The van der Waals surface area contributed by atoms with Crippen molar-refractivity contribution in [2.45, 2.75) is 25.7 Å². The van der Waals surface area contributed by atoms with Gasteiger partial charge in [-0.2, -0.15) is 0 Å². The molecule has 1 saturated carbocycles. The second-order valence-electron chi connectivity index (χ2n) is 5.05. The first-order valence-electron chi connectivity index (χ1n) is 6.80. The van der Waals surface area contributed by atoms with Crippen LogP contribution in [0, 0.1) is 11.8 Å². The molecule has 1 aliphatic carbocycles. The number of rotatable bonds is 4. The molecule has 104 valence electrons. The highest BCUT2D eigenvalue weighted by atomic mass is 16.5. The molecule has 1 aromatic rings. The summed E-state index contributed by atoms with van der Waals surface area (Å²) in [5.74, 6) is 0.820. The first kappa shape index (κ1) is 13.9. The third-order valence-electron chi connectivity index (χ3n) is 3.84. The number of ether oxygens (including phenoxy) is 1. The summed E-state index contributed by atoms with van der Waals surface area (Å²) in [5, 5.41) is 12.3. The van der Waals surface area contributed by atoms with Gasteiger partial charge in [-0.1, -0.05) is 12.8 Å². The predicted molar refractivity (Wildman–Crippen MR) is 74.2 cm³/mol. The van der Waals surface area contributed by atoms with Crippen molar-refractivity contribution < 1.29 is 14.6 Å². The maximum Gasteiger partial charge on any atom is 0.227 e. The van der Waals surface area contributed by atoms with Crippen LogP contribution >= 0.6 is 0 Å². The molecule has 19 heavy (non-hydrogen) atoms. The molecule has 2 N–H and O–H groups in total. The molecule has 4 heteroatoms. The minimum atomic E-state index is -0.0687. The summed E-state index contributed by atoms with van der Waals surface area (Å²) in [7, 11) is 1.61.